The van der Waals surface area contributed by atoms with Gasteiger partial charge in [-0.15, -0.1) is 0 Å². The summed E-state index contributed by atoms with van der Waals surface area (Å²) in [4.78, 5) is 6.32. The van der Waals surface area contributed by atoms with Crippen LogP contribution in [0.5, 0.6) is 0 Å². The van der Waals surface area contributed by atoms with E-state index in [9.17, 15) is 13.2 Å². The molecule has 1 atom stereocenters. The molecule has 1 aromatic heterocycles. The van der Waals surface area contributed by atoms with Crippen molar-refractivity contribution in [3.63, 3.8) is 0 Å². The van der Waals surface area contributed by atoms with E-state index in [1.165, 1.54) is 12.1 Å². The lowest BCUT2D eigenvalue weighted by atomic mass is 9.96. The maximum absolute atomic E-state index is 12.8. The second-order valence-electron chi connectivity index (χ2n) is 5.88. The number of rotatable bonds is 5. The largest absolute Gasteiger partial charge is 0.416 e. The molecule has 1 aliphatic heterocycles. The van der Waals surface area contributed by atoms with Crippen LogP contribution in [0.3, 0.4) is 0 Å². The molecule has 0 spiro atoms. The van der Waals surface area contributed by atoms with Crippen molar-refractivity contribution in [3.8, 4) is 0 Å². The van der Waals surface area contributed by atoms with E-state index in [-0.39, 0.29) is 12.5 Å². The number of hydrogen-bond donors (Lipinski definition) is 0. The number of halogens is 3. The molecule has 24 heavy (non-hydrogen) atoms. The van der Waals surface area contributed by atoms with Gasteiger partial charge >= 0.3 is 6.18 Å². The Kier molecular flexibility index (Phi) is 4.86. The Morgan fingerprint density at radius 1 is 1.38 bits per heavy atom. The first-order valence-corrected chi connectivity index (χ1v) is 7.65. The molecule has 1 aromatic carbocycles. The van der Waals surface area contributed by atoms with Gasteiger partial charge in [0.15, 0.2) is 5.82 Å². The molecule has 1 aliphatic rings. The van der Waals surface area contributed by atoms with Crippen molar-refractivity contribution < 1.29 is 22.4 Å². The van der Waals surface area contributed by atoms with Gasteiger partial charge in [0.05, 0.1) is 12.1 Å². The van der Waals surface area contributed by atoms with Gasteiger partial charge in [-0.05, 0) is 30.5 Å². The van der Waals surface area contributed by atoms with Crippen LogP contribution >= 0.6 is 0 Å². The molecule has 2 heterocycles. The van der Waals surface area contributed by atoms with Crippen LogP contribution in [-0.4, -0.2) is 35.2 Å². The van der Waals surface area contributed by atoms with Crippen LogP contribution in [0.4, 0.5) is 13.2 Å². The summed E-state index contributed by atoms with van der Waals surface area (Å²) in [5.41, 5.74) is 0.123. The van der Waals surface area contributed by atoms with E-state index in [1.807, 2.05) is 0 Å². The molecule has 0 saturated carbocycles. The van der Waals surface area contributed by atoms with Crippen molar-refractivity contribution in [1.82, 2.24) is 15.0 Å². The minimum absolute atomic E-state index is 0.0775. The maximum Gasteiger partial charge on any atom is 0.416 e. The third-order valence-electron chi connectivity index (χ3n) is 4.10. The third-order valence-corrected chi connectivity index (χ3v) is 4.10. The number of methoxy groups -OCH3 is 1. The predicted molar refractivity (Wildman–Crippen MR) is 79.1 cm³/mol. The summed E-state index contributed by atoms with van der Waals surface area (Å²) in [7, 11) is 1.55. The van der Waals surface area contributed by atoms with Crippen molar-refractivity contribution in [3.05, 3.63) is 47.1 Å². The number of alkyl halides is 3. The lowest BCUT2D eigenvalue weighted by molar-refractivity contribution is -0.137. The molecule has 1 fully saturated rings. The molecule has 0 bridgehead atoms. The molecule has 0 amide bonds. The van der Waals surface area contributed by atoms with Crippen LogP contribution < -0.4 is 0 Å². The second kappa shape index (κ2) is 6.90. The van der Waals surface area contributed by atoms with Gasteiger partial charge in [-0.25, -0.2) is 0 Å². The van der Waals surface area contributed by atoms with Crippen molar-refractivity contribution in [1.29, 1.82) is 0 Å². The Labute approximate surface area is 137 Å². The second-order valence-corrected chi connectivity index (χ2v) is 5.88. The zero-order valence-corrected chi connectivity index (χ0v) is 13.2. The van der Waals surface area contributed by atoms with Crippen molar-refractivity contribution in [2.75, 3.05) is 20.2 Å². The standard InChI is InChI=1S/C16H18F3N3O2/c1-23-10-14-20-15(24-21-14)9-22-6-5-12(8-22)11-3-2-4-13(7-11)16(17,18)19/h2-4,7,12H,5-6,8-10H2,1H3/t12-/m1/s1. The molecule has 130 valence electrons. The topological polar surface area (TPSA) is 51.4 Å². The summed E-state index contributed by atoms with van der Waals surface area (Å²) in [5.74, 6) is 1.06. The first-order chi connectivity index (χ1) is 11.5. The van der Waals surface area contributed by atoms with Crippen LogP contribution in [0.2, 0.25) is 0 Å². The molecule has 5 nitrogen and oxygen atoms in total. The van der Waals surface area contributed by atoms with E-state index in [4.69, 9.17) is 9.26 Å². The zero-order valence-electron chi connectivity index (χ0n) is 13.2. The number of aromatic nitrogens is 2. The molecule has 0 radical (unpaired) electrons. The van der Waals surface area contributed by atoms with Crippen molar-refractivity contribution in [2.24, 2.45) is 0 Å². The Balaban J connectivity index is 1.62. The van der Waals surface area contributed by atoms with E-state index in [0.717, 1.165) is 24.6 Å². The Hall–Kier alpha value is -1.93. The lowest BCUT2D eigenvalue weighted by Gasteiger charge is -2.15. The molecule has 3 rings (SSSR count). The fourth-order valence-corrected chi connectivity index (χ4v) is 2.95. The van der Waals surface area contributed by atoms with Crippen LogP contribution in [0.25, 0.3) is 0 Å². The monoisotopic (exact) mass is 341 g/mol. The molecule has 0 unspecified atom stereocenters. The quantitative estimate of drug-likeness (QED) is 0.836. The molecular weight excluding hydrogens is 323 g/mol. The highest BCUT2D eigenvalue weighted by atomic mass is 19.4. The SMILES string of the molecule is COCc1noc(CN2CC[C@@H](c3cccc(C(F)(F)F)c3)C2)n1. The van der Waals surface area contributed by atoms with E-state index in [0.29, 0.717) is 24.8 Å². The molecule has 2 aromatic rings. The minimum atomic E-state index is -4.31. The highest BCUT2D eigenvalue weighted by Crippen LogP contribution is 2.34. The molecular formula is C16H18F3N3O2. The molecule has 8 heteroatoms. The smallest absolute Gasteiger partial charge is 0.377 e. The average Bonchev–Trinajstić information content (AvgIpc) is 3.17. The predicted octanol–water partition coefficient (Wildman–Crippen LogP) is 3.22. The third kappa shape index (κ3) is 3.93. The van der Waals surface area contributed by atoms with Crippen LogP contribution in [0.1, 0.15) is 35.2 Å². The first-order valence-electron chi connectivity index (χ1n) is 7.65. The van der Waals surface area contributed by atoms with Gasteiger partial charge in [-0.2, -0.15) is 18.2 Å². The fraction of sp³-hybridized carbons (Fsp3) is 0.500. The summed E-state index contributed by atoms with van der Waals surface area (Å²) in [6.07, 6.45) is -3.50. The number of nitrogens with zero attached hydrogens (tertiary/aromatic N) is 3. The fourth-order valence-electron chi connectivity index (χ4n) is 2.95. The summed E-state index contributed by atoms with van der Waals surface area (Å²) in [5, 5.41) is 3.80. The number of ether oxygens (including phenoxy) is 1. The molecule has 1 saturated heterocycles. The van der Waals surface area contributed by atoms with Crippen LogP contribution in [0.15, 0.2) is 28.8 Å². The summed E-state index contributed by atoms with van der Waals surface area (Å²) in [6.45, 7) is 2.23. The van der Waals surface area contributed by atoms with Gasteiger partial charge in [0.1, 0.15) is 6.61 Å². The highest BCUT2D eigenvalue weighted by Gasteiger charge is 2.32. The minimum Gasteiger partial charge on any atom is -0.377 e. The highest BCUT2D eigenvalue weighted by molar-refractivity contribution is 5.29. The Bertz CT molecular complexity index is 687. The maximum atomic E-state index is 12.8. The van der Waals surface area contributed by atoms with Gasteiger partial charge in [0.25, 0.3) is 0 Å². The van der Waals surface area contributed by atoms with E-state index < -0.39 is 11.7 Å². The summed E-state index contributed by atoms with van der Waals surface area (Å²) >= 11 is 0. The number of hydrogen-bond acceptors (Lipinski definition) is 5. The van der Waals surface area contributed by atoms with E-state index in [2.05, 4.69) is 15.0 Å². The van der Waals surface area contributed by atoms with E-state index >= 15 is 0 Å². The first kappa shape index (κ1) is 16.9. The van der Waals surface area contributed by atoms with Crippen LogP contribution in [-0.2, 0) is 24.1 Å². The molecule has 0 N–H and O–H groups in total. The number of benzene rings is 1. The van der Waals surface area contributed by atoms with Gasteiger partial charge in [0.2, 0.25) is 5.89 Å². The van der Waals surface area contributed by atoms with E-state index in [1.54, 1.807) is 13.2 Å². The number of likely N-dealkylation sites (tertiary alicyclic amines) is 1. The van der Waals surface area contributed by atoms with Gasteiger partial charge in [-0.1, -0.05) is 23.4 Å². The van der Waals surface area contributed by atoms with Crippen molar-refractivity contribution >= 4 is 0 Å². The lowest BCUT2D eigenvalue weighted by Crippen LogP contribution is -2.20. The summed E-state index contributed by atoms with van der Waals surface area (Å²) < 4.78 is 48.6. The summed E-state index contributed by atoms with van der Waals surface area (Å²) in [6, 6.07) is 5.58. The van der Waals surface area contributed by atoms with Gasteiger partial charge < -0.3 is 9.26 Å². The van der Waals surface area contributed by atoms with Crippen molar-refractivity contribution in [2.45, 2.75) is 31.7 Å². The van der Waals surface area contributed by atoms with Gasteiger partial charge in [0, 0.05) is 13.7 Å². The van der Waals surface area contributed by atoms with Crippen LogP contribution in [0, 0.1) is 0 Å². The van der Waals surface area contributed by atoms with Gasteiger partial charge in [-0.3, -0.25) is 4.90 Å². The molecule has 0 aliphatic carbocycles. The Morgan fingerprint density at radius 2 is 2.21 bits per heavy atom. The zero-order chi connectivity index (χ0) is 17.2. The Morgan fingerprint density at radius 3 is 2.96 bits per heavy atom. The average molecular weight is 341 g/mol. The normalized spacial score (nSPS) is 19.1.